The van der Waals surface area contributed by atoms with Crippen molar-refractivity contribution in [2.45, 2.75) is 13.5 Å². The van der Waals surface area contributed by atoms with Crippen LogP contribution in [0.15, 0.2) is 36.5 Å². The molecule has 94 valence electrons. The summed E-state index contributed by atoms with van der Waals surface area (Å²) in [6.45, 7) is 2.45. The quantitative estimate of drug-likeness (QED) is 0.913. The molecule has 0 aliphatic carbocycles. The van der Waals surface area contributed by atoms with Gasteiger partial charge in [0.2, 0.25) is 0 Å². The Hall–Kier alpha value is -1.74. The number of rotatable bonds is 4. The molecular weight excluding hydrogens is 248 g/mol. The average Bonchev–Trinajstić information content (AvgIpc) is 2.38. The predicted octanol–water partition coefficient (Wildman–Crippen LogP) is 3.66. The number of aromatic nitrogens is 1. The zero-order valence-corrected chi connectivity index (χ0v) is 11.2. The topological polar surface area (TPSA) is 34.2 Å². The lowest BCUT2D eigenvalue weighted by molar-refractivity contribution is 0.304. The van der Waals surface area contributed by atoms with Gasteiger partial charge in [-0.3, -0.25) is 0 Å². The van der Waals surface area contributed by atoms with Crippen molar-refractivity contribution in [1.82, 2.24) is 4.98 Å². The fraction of sp³-hybridized carbons (Fsp3) is 0.214. The van der Waals surface area contributed by atoms with Crippen molar-refractivity contribution in [3.63, 3.8) is 0 Å². The van der Waals surface area contributed by atoms with Gasteiger partial charge in [0, 0.05) is 23.8 Å². The zero-order valence-electron chi connectivity index (χ0n) is 10.4. The monoisotopic (exact) mass is 262 g/mol. The van der Waals surface area contributed by atoms with Gasteiger partial charge < -0.3 is 10.1 Å². The fourth-order valence-corrected chi connectivity index (χ4v) is 1.94. The van der Waals surface area contributed by atoms with E-state index in [0.29, 0.717) is 6.61 Å². The van der Waals surface area contributed by atoms with Crippen LogP contribution >= 0.6 is 11.6 Å². The second-order valence-electron chi connectivity index (χ2n) is 3.96. The molecule has 4 heteroatoms. The van der Waals surface area contributed by atoms with Crippen LogP contribution in [0.2, 0.25) is 5.02 Å². The molecule has 0 bridgehead atoms. The first kappa shape index (κ1) is 12.7. The highest BCUT2D eigenvalue weighted by atomic mass is 35.5. The highest BCUT2D eigenvalue weighted by molar-refractivity contribution is 6.30. The summed E-state index contributed by atoms with van der Waals surface area (Å²) in [6, 6.07) is 9.48. The minimum atomic E-state index is 0.479. The van der Waals surface area contributed by atoms with Crippen molar-refractivity contribution in [3.05, 3.63) is 52.7 Å². The molecule has 1 aromatic carbocycles. The van der Waals surface area contributed by atoms with Crippen LogP contribution in [0, 0.1) is 6.92 Å². The Kier molecular flexibility index (Phi) is 4.05. The molecule has 0 atom stereocenters. The highest BCUT2D eigenvalue weighted by Gasteiger charge is 2.04. The SMILES string of the molecule is CNc1ncccc1COc1ccc(Cl)cc1C. The van der Waals surface area contributed by atoms with Crippen LogP contribution in [-0.2, 0) is 6.61 Å². The molecule has 2 rings (SSSR count). The van der Waals surface area contributed by atoms with Crippen molar-refractivity contribution in [2.75, 3.05) is 12.4 Å². The second-order valence-corrected chi connectivity index (χ2v) is 4.40. The normalized spacial score (nSPS) is 10.2. The number of nitrogens with one attached hydrogen (secondary N) is 1. The standard InChI is InChI=1S/C14H15ClN2O/c1-10-8-12(15)5-6-13(10)18-9-11-4-3-7-17-14(11)16-2/h3-8H,9H2,1-2H3,(H,16,17). The van der Waals surface area contributed by atoms with Crippen LogP contribution in [-0.4, -0.2) is 12.0 Å². The molecule has 0 fully saturated rings. The van der Waals surface area contributed by atoms with Gasteiger partial charge in [-0.25, -0.2) is 4.98 Å². The first-order valence-corrected chi connectivity index (χ1v) is 6.09. The number of benzene rings is 1. The largest absolute Gasteiger partial charge is 0.488 e. The number of hydrogen-bond acceptors (Lipinski definition) is 3. The van der Waals surface area contributed by atoms with E-state index >= 15 is 0 Å². The number of ether oxygens (including phenoxy) is 1. The third kappa shape index (κ3) is 2.93. The maximum atomic E-state index is 5.91. The molecule has 0 aliphatic rings. The summed E-state index contributed by atoms with van der Waals surface area (Å²) in [7, 11) is 1.85. The van der Waals surface area contributed by atoms with Gasteiger partial charge in [0.15, 0.2) is 0 Å². The van der Waals surface area contributed by atoms with Crippen molar-refractivity contribution in [3.8, 4) is 5.75 Å². The average molecular weight is 263 g/mol. The van der Waals surface area contributed by atoms with Crippen LogP contribution in [0.5, 0.6) is 5.75 Å². The van der Waals surface area contributed by atoms with Gasteiger partial charge in [0.1, 0.15) is 18.2 Å². The summed E-state index contributed by atoms with van der Waals surface area (Å²) in [5.41, 5.74) is 2.05. The Morgan fingerprint density at radius 1 is 1.33 bits per heavy atom. The minimum absolute atomic E-state index is 0.479. The van der Waals surface area contributed by atoms with E-state index in [1.165, 1.54) is 0 Å². The summed E-state index contributed by atoms with van der Waals surface area (Å²) in [4.78, 5) is 4.23. The van der Waals surface area contributed by atoms with Crippen LogP contribution in [0.1, 0.15) is 11.1 Å². The Morgan fingerprint density at radius 3 is 2.89 bits per heavy atom. The summed E-state index contributed by atoms with van der Waals surface area (Å²) in [5, 5.41) is 3.76. The summed E-state index contributed by atoms with van der Waals surface area (Å²) >= 11 is 5.91. The second kappa shape index (κ2) is 5.74. The van der Waals surface area contributed by atoms with E-state index in [9.17, 15) is 0 Å². The summed E-state index contributed by atoms with van der Waals surface area (Å²) < 4.78 is 5.78. The third-order valence-corrected chi connectivity index (χ3v) is 2.88. The van der Waals surface area contributed by atoms with Crippen LogP contribution in [0.25, 0.3) is 0 Å². The number of halogens is 1. The Labute approximate surface area is 112 Å². The number of aryl methyl sites for hydroxylation is 1. The van der Waals surface area contributed by atoms with Gasteiger partial charge >= 0.3 is 0 Å². The highest BCUT2D eigenvalue weighted by Crippen LogP contribution is 2.23. The van der Waals surface area contributed by atoms with Crippen LogP contribution < -0.4 is 10.1 Å². The van der Waals surface area contributed by atoms with Crippen molar-refractivity contribution in [1.29, 1.82) is 0 Å². The van der Waals surface area contributed by atoms with Gasteiger partial charge in [-0.05, 0) is 36.8 Å². The predicted molar refractivity (Wildman–Crippen MR) is 74.3 cm³/mol. The Bertz CT molecular complexity index is 543. The van der Waals surface area contributed by atoms with E-state index in [1.54, 1.807) is 6.20 Å². The minimum Gasteiger partial charge on any atom is -0.488 e. The van der Waals surface area contributed by atoms with Crippen molar-refractivity contribution < 1.29 is 4.74 Å². The molecule has 0 radical (unpaired) electrons. The van der Waals surface area contributed by atoms with E-state index in [0.717, 1.165) is 27.7 Å². The Balaban J connectivity index is 2.11. The lowest BCUT2D eigenvalue weighted by atomic mass is 10.2. The first-order chi connectivity index (χ1) is 8.70. The molecule has 1 heterocycles. The molecule has 1 aromatic heterocycles. The van der Waals surface area contributed by atoms with Gasteiger partial charge in [-0.15, -0.1) is 0 Å². The van der Waals surface area contributed by atoms with Gasteiger partial charge in [0.05, 0.1) is 0 Å². The molecular formula is C14H15ClN2O. The van der Waals surface area contributed by atoms with E-state index in [4.69, 9.17) is 16.3 Å². The van der Waals surface area contributed by atoms with Gasteiger partial charge in [-0.2, -0.15) is 0 Å². The Morgan fingerprint density at radius 2 is 2.17 bits per heavy atom. The first-order valence-electron chi connectivity index (χ1n) is 5.71. The molecule has 0 spiro atoms. The number of hydrogen-bond donors (Lipinski definition) is 1. The number of nitrogens with zero attached hydrogens (tertiary/aromatic N) is 1. The maximum absolute atomic E-state index is 5.91. The zero-order chi connectivity index (χ0) is 13.0. The molecule has 0 aliphatic heterocycles. The summed E-state index contributed by atoms with van der Waals surface area (Å²) in [5.74, 6) is 1.68. The molecule has 0 unspecified atom stereocenters. The number of pyridine rings is 1. The van der Waals surface area contributed by atoms with E-state index in [2.05, 4.69) is 10.3 Å². The van der Waals surface area contributed by atoms with Crippen molar-refractivity contribution in [2.24, 2.45) is 0 Å². The van der Waals surface area contributed by atoms with Crippen LogP contribution in [0.3, 0.4) is 0 Å². The molecule has 0 saturated carbocycles. The van der Waals surface area contributed by atoms with Gasteiger partial charge in [-0.1, -0.05) is 17.7 Å². The molecule has 1 N–H and O–H groups in total. The van der Waals surface area contributed by atoms with Crippen LogP contribution in [0.4, 0.5) is 5.82 Å². The fourth-order valence-electron chi connectivity index (χ4n) is 1.71. The molecule has 18 heavy (non-hydrogen) atoms. The molecule has 3 nitrogen and oxygen atoms in total. The van der Waals surface area contributed by atoms with E-state index in [1.807, 2.05) is 44.3 Å². The van der Waals surface area contributed by atoms with E-state index in [-0.39, 0.29) is 0 Å². The lowest BCUT2D eigenvalue weighted by Gasteiger charge is -2.11. The number of anilines is 1. The molecule has 0 amide bonds. The smallest absolute Gasteiger partial charge is 0.132 e. The molecule has 0 saturated heterocycles. The molecule has 2 aromatic rings. The van der Waals surface area contributed by atoms with E-state index < -0.39 is 0 Å². The maximum Gasteiger partial charge on any atom is 0.132 e. The third-order valence-electron chi connectivity index (χ3n) is 2.65. The van der Waals surface area contributed by atoms with Gasteiger partial charge in [0.25, 0.3) is 0 Å². The lowest BCUT2D eigenvalue weighted by Crippen LogP contribution is -2.02. The van der Waals surface area contributed by atoms with Crippen molar-refractivity contribution >= 4 is 17.4 Å². The summed E-state index contributed by atoms with van der Waals surface area (Å²) in [6.07, 6.45) is 1.75.